The molecule has 0 saturated carbocycles. The minimum absolute atomic E-state index is 0.154. The summed E-state index contributed by atoms with van der Waals surface area (Å²) >= 11 is 0. The Hall–Kier alpha value is -1.61. The molecule has 1 aromatic rings. The van der Waals surface area contributed by atoms with E-state index in [1.807, 2.05) is 0 Å². The zero-order valence-electron chi connectivity index (χ0n) is 11.8. The molecule has 9 heteroatoms. The fourth-order valence-corrected chi connectivity index (χ4v) is 3.03. The number of benzene rings is 1. The Morgan fingerprint density at radius 3 is 1.95 bits per heavy atom. The standard InChI is InChI=1S/C13H15F3N2O3S/c1-22(20,21)18-8-6-17(7-9-18)12(19)10-2-4-11(5-3-10)13(14,15)16/h2-5H,6-9H2,1H3. The lowest BCUT2D eigenvalue weighted by molar-refractivity contribution is -0.137. The number of rotatable bonds is 2. The van der Waals surface area contributed by atoms with E-state index in [-0.39, 0.29) is 31.7 Å². The first kappa shape index (κ1) is 16.8. The van der Waals surface area contributed by atoms with Gasteiger partial charge in [0, 0.05) is 31.7 Å². The van der Waals surface area contributed by atoms with Crippen LogP contribution in [-0.4, -0.2) is 56.0 Å². The highest BCUT2D eigenvalue weighted by atomic mass is 32.2. The van der Waals surface area contributed by atoms with Crippen LogP contribution in [0.25, 0.3) is 0 Å². The molecule has 0 spiro atoms. The molecule has 122 valence electrons. The van der Waals surface area contributed by atoms with Crippen LogP contribution in [0.4, 0.5) is 13.2 Å². The number of carbonyl (C=O) groups excluding carboxylic acids is 1. The van der Waals surface area contributed by atoms with Crippen molar-refractivity contribution < 1.29 is 26.4 Å². The van der Waals surface area contributed by atoms with E-state index in [1.165, 1.54) is 9.21 Å². The van der Waals surface area contributed by atoms with Crippen LogP contribution >= 0.6 is 0 Å². The van der Waals surface area contributed by atoms with Crippen LogP contribution in [0.15, 0.2) is 24.3 Å². The lowest BCUT2D eigenvalue weighted by Crippen LogP contribution is -2.50. The van der Waals surface area contributed by atoms with E-state index in [2.05, 4.69) is 0 Å². The first-order valence-corrected chi connectivity index (χ1v) is 8.35. The molecule has 0 atom stereocenters. The molecule has 5 nitrogen and oxygen atoms in total. The SMILES string of the molecule is CS(=O)(=O)N1CCN(C(=O)c2ccc(C(F)(F)F)cc2)CC1. The largest absolute Gasteiger partial charge is 0.416 e. The van der Waals surface area contributed by atoms with Crippen molar-refractivity contribution >= 4 is 15.9 Å². The van der Waals surface area contributed by atoms with Gasteiger partial charge >= 0.3 is 6.18 Å². The van der Waals surface area contributed by atoms with Gasteiger partial charge in [-0.15, -0.1) is 0 Å². The highest BCUT2D eigenvalue weighted by Crippen LogP contribution is 2.29. The summed E-state index contributed by atoms with van der Waals surface area (Å²) in [7, 11) is -3.29. The molecule has 0 aromatic heterocycles. The molecule has 1 amide bonds. The Bertz CT molecular complexity index is 648. The monoisotopic (exact) mass is 336 g/mol. The number of alkyl halides is 3. The van der Waals surface area contributed by atoms with Gasteiger partial charge < -0.3 is 4.90 Å². The second kappa shape index (κ2) is 5.88. The fraction of sp³-hybridized carbons (Fsp3) is 0.462. The molecule has 0 unspecified atom stereocenters. The summed E-state index contributed by atoms with van der Waals surface area (Å²) < 4.78 is 61.4. The quantitative estimate of drug-likeness (QED) is 0.821. The first-order chi connectivity index (χ1) is 10.1. The van der Waals surface area contributed by atoms with Gasteiger partial charge in [0.25, 0.3) is 5.91 Å². The lowest BCUT2D eigenvalue weighted by atomic mass is 10.1. The normalized spacial score (nSPS) is 17.5. The van der Waals surface area contributed by atoms with E-state index in [0.717, 1.165) is 30.5 Å². The topological polar surface area (TPSA) is 57.7 Å². The predicted octanol–water partition coefficient (Wildman–Crippen LogP) is 1.42. The van der Waals surface area contributed by atoms with Gasteiger partial charge in [0.1, 0.15) is 0 Å². The Labute approximate surface area is 126 Å². The number of hydrogen-bond donors (Lipinski definition) is 0. The molecule has 1 saturated heterocycles. The molecule has 2 rings (SSSR count). The summed E-state index contributed by atoms with van der Waals surface area (Å²) in [6, 6.07) is 3.99. The van der Waals surface area contributed by atoms with Gasteiger partial charge in [0.2, 0.25) is 10.0 Å². The zero-order valence-corrected chi connectivity index (χ0v) is 12.6. The Kier molecular flexibility index (Phi) is 4.48. The van der Waals surface area contributed by atoms with Crippen LogP contribution in [0.3, 0.4) is 0 Å². The number of hydrogen-bond acceptors (Lipinski definition) is 3. The van der Waals surface area contributed by atoms with Crippen molar-refractivity contribution in [2.75, 3.05) is 32.4 Å². The second-order valence-corrected chi connectivity index (χ2v) is 7.01. The van der Waals surface area contributed by atoms with Gasteiger partial charge in [-0.1, -0.05) is 0 Å². The first-order valence-electron chi connectivity index (χ1n) is 6.51. The molecule has 1 heterocycles. The molecule has 0 aliphatic carbocycles. The van der Waals surface area contributed by atoms with Crippen LogP contribution in [0.5, 0.6) is 0 Å². The molecule has 1 aliphatic rings. The highest BCUT2D eigenvalue weighted by Gasteiger charge is 2.31. The zero-order chi connectivity index (χ0) is 16.5. The highest BCUT2D eigenvalue weighted by molar-refractivity contribution is 7.88. The number of amides is 1. The Morgan fingerprint density at radius 2 is 1.55 bits per heavy atom. The maximum Gasteiger partial charge on any atom is 0.416 e. The van der Waals surface area contributed by atoms with Crippen LogP contribution in [0.1, 0.15) is 15.9 Å². The van der Waals surface area contributed by atoms with Gasteiger partial charge in [-0.25, -0.2) is 8.42 Å². The molecule has 1 fully saturated rings. The summed E-state index contributed by atoms with van der Waals surface area (Å²) in [6.07, 6.45) is -3.34. The minimum atomic E-state index is -4.44. The van der Waals surface area contributed by atoms with E-state index >= 15 is 0 Å². The predicted molar refractivity (Wildman–Crippen MR) is 73.8 cm³/mol. The Balaban J connectivity index is 2.04. The maximum atomic E-state index is 12.5. The fourth-order valence-electron chi connectivity index (χ4n) is 2.21. The van der Waals surface area contributed by atoms with Crippen LogP contribution in [0, 0.1) is 0 Å². The van der Waals surface area contributed by atoms with Crippen molar-refractivity contribution in [3.63, 3.8) is 0 Å². The van der Waals surface area contributed by atoms with E-state index in [4.69, 9.17) is 0 Å². The molecule has 1 aromatic carbocycles. The molecule has 22 heavy (non-hydrogen) atoms. The molecular formula is C13H15F3N2O3S. The average molecular weight is 336 g/mol. The van der Waals surface area contributed by atoms with Gasteiger partial charge in [-0.05, 0) is 24.3 Å². The van der Waals surface area contributed by atoms with Gasteiger partial charge in [-0.3, -0.25) is 4.79 Å². The third-order valence-corrected chi connectivity index (χ3v) is 4.76. The smallest absolute Gasteiger partial charge is 0.336 e. The van der Waals surface area contributed by atoms with Crippen molar-refractivity contribution in [3.8, 4) is 0 Å². The van der Waals surface area contributed by atoms with E-state index in [9.17, 15) is 26.4 Å². The average Bonchev–Trinajstić information content (AvgIpc) is 2.45. The number of piperazine rings is 1. The van der Waals surface area contributed by atoms with E-state index < -0.39 is 27.7 Å². The summed E-state index contributed by atoms with van der Waals surface area (Å²) in [4.78, 5) is 13.6. The van der Waals surface area contributed by atoms with Gasteiger partial charge in [0.15, 0.2) is 0 Å². The van der Waals surface area contributed by atoms with Gasteiger partial charge in [-0.2, -0.15) is 17.5 Å². The van der Waals surface area contributed by atoms with Crippen molar-refractivity contribution in [1.29, 1.82) is 0 Å². The molecule has 1 aliphatic heterocycles. The number of sulfonamides is 1. The number of nitrogens with zero attached hydrogens (tertiary/aromatic N) is 2. The maximum absolute atomic E-state index is 12.5. The summed E-state index contributed by atoms with van der Waals surface area (Å²) in [6.45, 7) is 0.802. The van der Waals surface area contributed by atoms with Crippen LogP contribution in [-0.2, 0) is 16.2 Å². The van der Waals surface area contributed by atoms with Crippen molar-refractivity contribution in [2.45, 2.75) is 6.18 Å². The third kappa shape index (κ3) is 3.77. The second-order valence-electron chi connectivity index (χ2n) is 5.03. The molecule has 0 bridgehead atoms. The number of carbonyl (C=O) groups is 1. The third-order valence-electron chi connectivity index (χ3n) is 3.45. The summed E-state index contributed by atoms with van der Waals surface area (Å²) in [5.41, 5.74) is -0.660. The van der Waals surface area contributed by atoms with Crippen molar-refractivity contribution in [2.24, 2.45) is 0 Å². The van der Waals surface area contributed by atoms with Crippen LogP contribution < -0.4 is 0 Å². The summed E-state index contributed by atoms with van der Waals surface area (Å²) in [5.74, 6) is -0.401. The van der Waals surface area contributed by atoms with Gasteiger partial charge in [0.05, 0.1) is 11.8 Å². The summed E-state index contributed by atoms with van der Waals surface area (Å²) in [5, 5.41) is 0. The van der Waals surface area contributed by atoms with Crippen molar-refractivity contribution in [3.05, 3.63) is 35.4 Å². The molecule has 0 N–H and O–H groups in total. The molecule has 0 radical (unpaired) electrons. The van der Waals surface area contributed by atoms with Crippen LogP contribution in [0.2, 0.25) is 0 Å². The Morgan fingerprint density at radius 1 is 1.05 bits per heavy atom. The lowest BCUT2D eigenvalue weighted by Gasteiger charge is -2.33. The minimum Gasteiger partial charge on any atom is -0.336 e. The van der Waals surface area contributed by atoms with E-state index in [0.29, 0.717) is 0 Å². The van der Waals surface area contributed by atoms with Crippen molar-refractivity contribution in [1.82, 2.24) is 9.21 Å². The van der Waals surface area contributed by atoms with E-state index in [1.54, 1.807) is 0 Å². The number of halogens is 3. The molecular weight excluding hydrogens is 321 g/mol.